The molecule has 0 aromatic heterocycles. The first kappa shape index (κ1) is 12.9. The lowest BCUT2D eigenvalue weighted by Crippen LogP contribution is -2.20. The van der Waals surface area contributed by atoms with Crippen molar-refractivity contribution in [2.45, 2.75) is 13.3 Å². The molecule has 1 amide bonds. The topological polar surface area (TPSA) is 58.5 Å². The maximum atomic E-state index is 10.6. The van der Waals surface area contributed by atoms with Gasteiger partial charge in [-0.2, -0.15) is 4.99 Å². The molecule has 1 aromatic carbocycles. The molecule has 0 aliphatic rings. The van der Waals surface area contributed by atoms with Gasteiger partial charge in [-0.3, -0.25) is 4.79 Å². The van der Waals surface area contributed by atoms with Crippen molar-refractivity contribution in [3.8, 4) is 0 Å². The van der Waals surface area contributed by atoms with E-state index in [1.807, 2.05) is 24.3 Å². The van der Waals surface area contributed by atoms with Crippen LogP contribution < -0.4 is 5.32 Å². The number of hydrogen-bond acceptors (Lipinski definition) is 3. The van der Waals surface area contributed by atoms with Gasteiger partial charge in [-0.25, -0.2) is 4.79 Å². The van der Waals surface area contributed by atoms with Crippen molar-refractivity contribution in [1.82, 2.24) is 5.32 Å². The first-order valence-electron chi connectivity index (χ1n) is 5.31. The van der Waals surface area contributed by atoms with Crippen molar-refractivity contribution in [2.75, 3.05) is 6.54 Å². The summed E-state index contributed by atoms with van der Waals surface area (Å²) in [4.78, 5) is 24.2. The normalized spacial score (nSPS) is 9.94. The maximum absolute atomic E-state index is 10.6. The average molecular weight is 230 g/mol. The van der Waals surface area contributed by atoms with Crippen LogP contribution in [-0.2, 0) is 9.59 Å². The minimum absolute atomic E-state index is 0.0271. The van der Waals surface area contributed by atoms with Gasteiger partial charge >= 0.3 is 0 Å². The van der Waals surface area contributed by atoms with Gasteiger partial charge in [0.2, 0.25) is 12.0 Å². The van der Waals surface area contributed by atoms with Gasteiger partial charge in [-0.1, -0.05) is 24.3 Å². The molecule has 1 N–H and O–H groups in total. The molecule has 0 atom stereocenters. The fourth-order valence-electron chi connectivity index (χ4n) is 1.30. The second kappa shape index (κ2) is 7.14. The average Bonchev–Trinajstić information content (AvgIpc) is 2.29. The number of rotatable bonds is 5. The van der Waals surface area contributed by atoms with Crippen molar-refractivity contribution in [1.29, 1.82) is 0 Å². The molecular formula is C13H14N2O2. The van der Waals surface area contributed by atoms with Gasteiger partial charge in [0, 0.05) is 13.5 Å². The summed E-state index contributed by atoms with van der Waals surface area (Å²) in [6, 6.07) is 7.27. The van der Waals surface area contributed by atoms with Crippen molar-refractivity contribution in [3.63, 3.8) is 0 Å². The number of amides is 1. The van der Waals surface area contributed by atoms with Gasteiger partial charge in [0.05, 0.1) is 5.69 Å². The van der Waals surface area contributed by atoms with Crippen molar-refractivity contribution >= 4 is 23.8 Å². The Kier molecular flexibility index (Phi) is 5.41. The molecule has 88 valence electrons. The smallest absolute Gasteiger partial charge is 0.240 e. The van der Waals surface area contributed by atoms with Crippen LogP contribution in [0.25, 0.3) is 6.08 Å². The van der Waals surface area contributed by atoms with Gasteiger partial charge in [0.15, 0.2) is 0 Å². The van der Waals surface area contributed by atoms with Gasteiger partial charge in [-0.15, -0.1) is 0 Å². The molecule has 0 bridgehead atoms. The SMILES string of the molecule is CC(=O)NCCC=Cc1cccc(N=C=O)c1. The summed E-state index contributed by atoms with van der Waals surface area (Å²) < 4.78 is 0. The predicted octanol–water partition coefficient (Wildman–Crippen LogP) is 2.19. The second-order valence-electron chi connectivity index (χ2n) is 3.47. The Morgan fingerprint density at radius 3 is 3.06 bits per heavy atom. The van der Waals surface area contributed by atoms with Gasteiger partial charge < -0.3 is 5.32 Å². The summed E-state index contributed by atoms with van der Waals surface area (Å²) in [6.45, 7) is 2.11. The van der Waals surface area contributed by atoms with E-state index in [1.54, 1.807) is 12.1 Å². The zero-order valence-electron chi connectivity index (χ0n) is 9.64. The fraction of sp³-hybridized carbons (Fsp3) is 0.231. The number of benzene rings is 1. The van der Waals surface area contributed by atoms with E-state index in [2.05, 4.69) is 10.3 Å². The molecule has 17 heavy (non-hydrogen) atoms. The van der Waals surface area contributed by atoms with Gasteiger partial charge in [0.25, 0.3) is 0 Å². The van der Waals surface area contributed by atoms with E-state index in [0.717, 1.165) is 12.0 Å². The molecular weight excluding hydrogens is 216 g/mol. The van der Waals surface area contributed by atoms with E-state index in [9.17, 15) is 9.59 Å². The molecule has 0 unspecified atom stereocenters. The Morgan fingerprint density at radius 2 is 2.35 bits per heavy atom. The molecule has 0 spiro atoms. The highest BCUT2D eigenvalue weighted by molar-refractivity contribution is 5.72. The van der Waals surface area contributed by atoms with Gasteiger partial charge in [0.1, 0.15) is 0 Å². The summed E-state index contributed by atoms with van der Waals surface area (Å²) in [5, 5.41) is 2.70. The highest BCUT2D eigenvalue weighted by atomic mass is 16.1. The van der Waals surface area contributed by atoms with E-state index in [-0.39, 0.29) is 5.91 Å². The van der Waals surface area contributed by atoms with Crippen LogP contribution in [0.4, 0.5) is 5.69 Å². The molecule has 0 radical (unpaired) electrons. The fourth-order valence-corrected chi connectivity index (χ4v) is 1.30. The van der Waals surface area contributed by atoms with Gasteiger partial charge in [-0.05, 0) is 24.1 Å². The Morgan fingerprint density at radius 1 is 1.53 bits per heavy atom. The zero-order valence-corrected chi connectivity index (χ0v) is 9.64. The van der Waals surface area contributed by atoms with Crippen molar-refractivity contribution in [2.24, 2.45) is 4.99 Å². The lowest BCUT2D eigenvalue weighted by molar-refractivity contribution is -0.118. The monoisotopic (exact) mass is 230 g/mol. The van der Waals surface area contributed by atoms with E-state index in [0.29, 0.717) is 12.2 Å². The van der Waals surface area contributed by atoms with Crippen LogP contribution in [0.5, 0.6) is 0 Å². The van der Waals surface area contributed by atoms with E-state index in [1.165, 1.54) is 13.0 Å². The Labute approximate surface area is 100 Å². The van der Waals surface area contributed by atoms with Crippen LogP contribution in [0.1, 0.15) is 18.9 Å². The van der Waals surface area contributed by atoms with Crippen LogP contribution >= 0.6 is 0 Å². The number of isocyanates is 1. The lowest BCUT2D eigenvalue weighted by atomic mass is 10.2. The van der Waals surface area contributed by atoms with E-state index < -0.39 is 0 Å². The summed E-state index contributed by atoms with van der Waals surface area (Å²) >= 11 is 0. The standard InChI is InChI=1S/C13H14N2O2/c1-11(17)14-8-3-2-5-12-6-4-7-13(9-12)15-10-16/h2,4-7,9H,3,8H2,1H3,(H,14,17). The quantitative estimate of drug-likeness (QED) is 0.479. The van der Waals surface area contributed by atoms with Crippen LogP contribution in [0.2, 0.25) is 0 Å². The molecule has 0 fully saturated rings. The largest absolute Gasteiger partial charge is 0.356 e. The highest BCUT2D eigenvalue weighted by Crippen LogP contribution is 2.14. The molecule has 4 nitrogen and oxygen atoms in total. The Hall–Kier alpha value is -2.19. The molecule has 1 rings (SSSR count). The number of carbonyl (C=O) groups is 1. The summed E-state index contributed by atoms with van der Waals surface area (Å²) in [7, 11) is 0. The number of nitrogens with zero attached hydrogens (tertiary/aromatic N) is 1. The third-order valence-electron chi connectivity index (χ3n) is 2.04. The second-order valence-corrected chi connectivity index (χ2v) is 3.47. The summed E-state index contributed by atoms with van der Waals surface area (Å²) in [6.07, 6.45) is 6.15. The first-order chi connectivity index (χ1) is 8.22. The first-order valence-corrected chi connectivity index (χ1v) is 5.31. The molecule has 0 heterocycles. The number of aliphatic imine (C=N–C) groups is 1. The lowest BCUT2D eigenvalue weighted by Gasteiger charge is -1.97. The van der Waals surface area contributed by atoms with Crippen LogP contribution in [-0.4, -0.2) is 18.5 Å². The zero-order chi connectivity index (χ0) is 12.5. The van der Waals surface area contributed by atoms with Crippen LogP contribution in [0.3, 0.4) is 0 Å². The summed E-state index contributed by atoms with van der Waals surface area (Å²) in [5.74, 6) is -0.0271. The van der Waals surface area contributed by atoms with E-state index in [4.69, 9.17) is 0 Å². The Bertz CT molecular complexity index is 460. The third kappa shape index (κ3) is 5.44. The van der Waals surface area contributed by atoms with E-state index >= 15 is 0 Å². The van der Waals surface area contributed by atoms with Crippen molar-refractivity contribution in [3.05, 3.63) is 35.9 Å². The molecule has 0 aliphatic carbocycles. The molecule has 0 aliphatic heterocycles. The molecule has 0 saturated heterocycles. The molecule has 0 saturated carbocycles. The highest BCUT2D eigenvalue weighted by Gasteiger charge is 1.91. The minimum atomic E-state index is -0.0271. The maximum Gasteiger partial charge on any atom is 0.240 e. The number of hydrogen-bond donors (Lipinski definition) is 1. The predicted molar refractivity (Wildman–Crippen MR) is 66.6 cm³/mol. The number of nitrogens with one attached hydrogen (secondary N) is 1. The van der Waals surface area contributed by atoms with Crippen molar-refractivity contribution < 1.29 is 9.59 Å². The third-order valence-corrected chi connectivity index (χ3v) is 2.04. The Balaban J connectivity index is 2.50. The molecule has 4 heteroatoms. The minimum Gasteiger partial charge on any atom is -0.356 e. The van der Waals surface area contributed by atoms with Crippen LogP contribution in [0.15, 0.2) is 35.3 Å². The number of carbonyl (C=O) groups excluding carboxylic acids is 2. The van der Waals surface area contributed by atoms with Crippen LogP contribution in [0, 0.1) is 0 Å². The molecule has 1 aromatic rings. The summed E-state index contributed by atoms with van der Waals surface area (Å²) in [5.41, 5.74) is 1.55.